The number of urea groups is 1. The van der Waals surface area contributed by atoms with Crippen molar-refractivity contribution >= 4 is 35.5 Å². The van der Waals surface area contributed by atoms with Gasteiger partial charge in [-0.05, 0) is 19.3 Å². The van der Waals surface area contributed by atoms with Crippen molar-refractivity contribution in [1.29, 1.82) is 0 Å². The summed E-state index contributed by atoms with van der Waals surface area (Å²) in [7, 11) is 0. The van der Waals surface area contributed by atoms with E-state index < -0.39 is 5.97 Å². The molecule has 5 nitrogen and oxygen atoms in total. The zero-order valence-electron chi connectivity index (χ0n) is 11.5. The molecule has 2 aliphatic rings. The number of carbonyl (C=O) groups is 2. The van der Waals surface area contributed by atoms with E-state index in [9.17, 15) is 9.59 Å². The molecule has 7 heteroatoms. The summed E-state index contributed by atoms with van der Waals surface area (Å²) in [6.45, 7) is 0.693. The van der Waals surface area contributed by atoms with Crippen LogP contribution in [-0.2, 0) is 4.79 Å². The molecule has 3 atom stereocenters. The summed E-state index contributed by atoms with van der Waals surface area (Å²) in [5.41, 5.74) is 0. The second-order valence-electron chi connectivity index (χ2n) is 5.32. The maximum atomic E-state index is 11.8. The maximum Gasteiger partial charge on any atom is 0.315 e. The van der Waals surface area contributed by atoms with Crippen LogP contribution in [0.4, 0.5) is 4.79 Å². The van der Waals surface area contributed by atoms with Gasteiger partial charge >= 0.3 is 12.0 Å². The van der Waals surface area contributed by atoms with Crippen LogP contribution in [-0.4, -0.2) is 52.2 Å². The summed E-state index contributed by atoms with van der Waals surface area (Å²) in [6, 6.07) is -0.157. The van der Waals surface area contributed by atoms with E-state index >= 15 is 0 Å². The zero-order chi connectivity index (χ0) is 14.4. The molecule has 114 valence electrons. The smallest absolute Gasteiger partial charge is 0.315 e. The van der Waals surface area contributed by atoms with Gasteiger partial charge < -0.3 is 15.7 Å². The normalized spacial score (nSPS) is 30.5. The van der Waals surface area contributed by atoms with Gasteiger partial charge in [0.1, 0.15) is 0 Å². The number of carboxylic acid groups (broad SMARTS) is 1. The summed E-state index contributed by atoms with van der Waals surface area (Å²) in [5, 5.41) is 15.4. The Labute approximate surface area is 128 Å². The second-order valence-corrected chi connectivity index (χ2v) is 7.88. The lowest BCUT2D eigenvalue weighted by Gasteiger charge is -2.28. The number of aliphatic carboxylic acids is 1. The minimum atomic E-state index is -0.743. The first-order valence-electron chi connectivity index (χ1n) is 7.11. The molecule has 0 radical (unpaired) electrons. The second kappa shape index (κ2) is 8.02. The number of carboxylic acids is 1. The molecule has 0 aromatic heterocycles. The molecule has 20 heavy (non-hydrogen) atoms. The van der Waals surface area contributed by atoms with Crippen molar-refractivity contribution in [2.45, 2.75) is 37.0 Å². The van der Waals surface area contributed by atoms with Crippen LogP contribution < -0.4 is 10.6 Å². The number of hydrogen-bond donors (Lipinski definition) is 3. The van der Waals surface area contributed by atoms with E-state index in [0.717, 1.165) is 30.8 Å². The van der Waals surface area contributed by atoms with Crippen LogP contribution in [0, 0.1) is 5.92 Å². The molecular weight excluding hydrogens is 296 g/mol. The van der Waals surface area contributed by atoms with E-state index in [4.69, 9.17) is 5.11 Å². The Hall–Kier alpha value is -0.560. The third kappa shape index (κ3) is 5.09. The molecule has 0 aromatic rings. The minimum absolute atomic E-state index is 0.00164. The van der Waals surface area contributed by atoms with Crippen molar-refractivity contribution in [2.75, 3.05) is 23.8 Å². The monoisotopic (exact) mass is 318 g/mol. The SMILES string of the molecule is O=C(NCC1CSCCS1)NC1CCCC(C(=O)O)C1. The average Bonchev–Trinajstić information content (AvgIpc) is 2.46. The van der Waals surface area contributed by atoms with Gasteiger partial charge in [-0.15, -0.1) is 0 Å². The predicted octanol–water partition coefficient (Wildman–Crippen LogP) is 1.78. The van der Waals surface area contributed by atoms with E-state index in [0.29, 0.717) is 18.2 Å². The molecule has 0 aromatic carbocycles. The largest absolute Gasteiger partial charge is 0.481 e. The van der Waals surface area contributed by atoms with Crippen molar-refractivity contribution in [3.63, 3.8) is 0 Å². The van der Waals surface area contributed by atoms with Crippen molar-refractivity contribution in [3.05, 3.63) is 0 Å². The van der Waals surface area contributed by atoms with Gasteiger partial charge in [-0.1, -0.05) is 6.42 Å². The van der Waals surface area contributed by atoms with Crippen LogP contribution in [0.3, 0.4) is 0 Å². The molecule has 3 N–H and O–H groups in total. The molecule has 1 saturated heterocycles. The summed E-state index contributed by atoms with van der Waals surface area (Å²) in [4.78, 5) is 22.8. The van der Waals surface area contributed by atoms with Crippen LogP contribution in [0.1, 0.15) is 25.7 Å². The van der Waals surface area contributed by atoms with Gasteiger partial charge in [0.15, 0.2) is 0 Å². The third-order valence-corrected chi connectivity index (χ3v) is 6.58. The minimum Gasteiger partial charge on any atom is -0.481 e. The Morgan fingerprint density at radius 3 is 2.80 bits per heavy atom. The van der Waals surface area contributed by atoms with E-state index in [-0.39, 0.29) is 18.0 Å². The summed E-state index contributed by atoms with van der Waals surface area (Å²) in [5.74, 6) is 2.40. The Bertz CT molecular complexity index is 349. The number of rotatable bonds is 4. The highest BCUT2D eigenvalue weighted by molar-refractivity contribution is 8.06. The summed E-state index contributed by atoms with van der Waals surface area (Å²) >= 11 is 3.85. The number of nitrogens with one attached hydrogen (secondary N) is 2. The maximum absolute atomic E-state index is 11.8. The Morgan fingerprint density at radius 1 is 1.25 bits per heavy atom. The fourth-order valence-electron chi connectivity index (χ4n) is 2.64. The first-order chi connectivity index (χ1) is 9.65. The van der Waals surface area contributed by atoms with Gasteiger partial charge in [-0.25, -0.2) is 4.79 Å². The molecule has 2 rings (SSSR count). The van der Waals surface area contributed by atoms with Crippen molar-refractivity contribution in [3.8, 4) is 0 Å². The Kier molecular flexibility index (Phi) is 6.35. The van der Waals surface area contributed by atoms with Crippen LogP contribution in [0.25, 0.3) is 0 Å². The highest BCUT2D eigenvalue weighted by Gasteiger charge is 2.27. The Balaban J connectivity index is 1.66. The van der Waals surface area contributed by atoms with Gasteiger partial charge in [-0.2, -0.15) is 23.5 Å². The molecular formula is C13H22N2O3S2. The van der Waals surface area contributed by atoms with Crippen molar-refractivity contribution in [1.82, 2.24) is 10.6 Å². The lowest BCUT2D eigenvalue weighted by Crippen LogP contribution is -2.46. The summed E-state index contributed by atoms with van der Waals surface area (Å²) in [6.07, 6.45) is 3.03. The lowest BCUT2D eigenvalue weighted by atomic mass is 9.86. The zero-order valence-corrected chi connectivity index (χ0v) is 13.1. The van der Waals surface area contributed by atoms with Gasteiger partial charge in [-0.3, -0.25) is 4.79 Å². The highest BCUT2D eigenvalue weighted by atomic mass is 32.2. The fourth-order valence-corrected chi connectivity index (χ4v) is 5.25. The number of carbonyl (C=O) groups excluding carboxylic acids is 1. The van der Waals surface area contributed by atoms with Gasteiger partial charge in [0.2, 0.25) is 0 Å². The van der Waals surface area contributed by atoms with Crippen LogP contribution in [0.5, 0.6) is 0 Å². The van der Waals surface area contributed by atoms with Gasteiger partial charge in [0.25, 0.3) is 0 Å². The molecule has 0 bridgehead atoms. The molecule has 1 aliphatic carbocycles. The Morgan fingerprint density at radius 2 is 2.10 bits per heavy atom. The van der Waals surface area contributed by atoms with Gasteiger partial charge in [0, 0.05) is 35.1 Å². The average molecular weight is 318 g/mol. The molecule has 0 spiro atoms. The summed E-state index contributed by atoms with van der Waals surface area (Å²) < 4.78 is 0. The van der Waals surface area contributed by atoms with E-state index in [1.165, 1.54) is 5.75 Å². The standard InChI is InChI=1S/C13H22N2O3S2/c16-12(17)9-2-1-3-10(6-9)15-13(18)14-7-11-8-19-4-5-20-11/h9-11H,1-8H2,(H,16,17)(H2,14,15,18). The molecule has 2 fully saturated rings. The van der Waals surface area contributed by atoms with E-state index in [1.54, 1.807) is 0 Å². The lowest BCUT2D eigenvalue weighted by molar-refractivity contribution is -0.143. The molecule has 3 unspecified atom stereocenters. The predicted molar refractivity (Wildman–Crippen MR) is 83.5 cm³/mol. The number of thioether (sulfide) groups is 2. The molecule has 2 amide bonds. The van der Waals surface area contributed by atoms with E-state index in [2.05, 4.69) is 10.6 Å². The third-order valence-electron chi connectivity index (χ3n) is 3.73. The fraction of sp³-hybridized carbons (Fsp3) is 0.846. The van der Waals surface area contributed by atoms with Crippen molar-refractivity contribution in [2.24, 2.45) is 5.92 Å². The number of amides is 2. The first kappa shape index (κ1) is 15.8. The van der Waals surface area contributed by atoms with Crippen LogP contribution >= 0.6 is 23.5 Å². The number of hydrogen-bond acceptors (Lipinski definition) is 4. The highest BCUT2D eigenvalue weighted by Crippen LogP contribution is 2.25. The van der Waals surface area contributed by atoms with E-state index in [1.807, 2.05) is 23.5 Å². The molecule has 1 aliphatic heterocycles. The first-order valence-corrected chi connectivity index (χ1v) is 9.32. The molecule has 1 heterocycles. The van der Waals surface area contributed by atoms with Gasteiger partial charge in [0.05, 0.1) is 5.92 Å². The van der Waals surface area contributed by atoms with Crippen LogP contribution in [0.15, 0.2) is 0 Å². The van der Waals surface area contributed by atoms with Crippen molar-refractivity contribution < 1.29 is 14.7 Å². The quantitative estimate of drug-likeness (QED) is 0.736. The van der Waals surface area contributed by atoms with Crippen LogP contribution in [0.2, 0.25) is 0 Å². The topological polar surface area (TPSA) is 78.4 Å². The molecule has 1 saturated carbocycles.